The number of hydrogen-bond donors (Lipinski definition) is 1. The molecule has 1 aromatic carbocycles. The summed E-state index contributed by atoms with van der Waals surface area (Å²) in [6.45, 7) is 0.736. The molecular formula is C11H13BrN2O2. The number of nitrogens with two attached hydrogens (primary N) is 1. The molecule has 1 unspecified atom stereocenters. The van der Waals surface area contributed by atoms with Crippen molar-refractivity contribution >= 4 is 27.5 Å². The van der Waals surface area contributed by atoms with Crippen LogP contribution in [0.3, 0.4) is 0 Å². The minimum atomic E-state index is -0.395. The molecule has 1 aliphatic rings. The van der Waals surface area contributed by atoms with Gasteiger partial charge >= 0.3 is 0 Å². The number of anilines is 1. The second kappa shape index (κ2) is 4.33. The molecule has 2 rings (SSSR count). The third-order valence-electron chi connectivity index (χ3n) is 2.62. The summed E-state index contributed by atoms with van der Waals surface area (Å²) in [7, 11) is 1.77. The number of ether oxygens (including phenoxy) is 1. The van der Waals surface area contributed by atoms with Crippen molar-refractivity contribution in [2.75, 3.05) is 19.3 Å². The van der Waals surface area contributed by atoms with Crippen molar-refractivity contribution in [3.05, 3.63) is 22.7 Å². The van der Waals surface area contributed by atoms with Gasteiger partial charge in [0.2, 0.25) is 0 Å². The van der Waals surface area contributed by atoms with E-state index in [1.165, 1.54) is 0 Å². The van der Waals surface area contributed by atoms with Crippen molar-refractivity contribution in [2.24, 2.45) is 0 Å². The van der Waals surface area contributed by atoms with Gasteiger partial charge in [0.1, 0.15) is 5.75 Å². The summed E-state index contributed by atoms with van der Waals surface area (Å²) in [6.07, 6.45) is 0.318. The standard InChI is InChI=1S/C11H13BrN2O2/c1-14-5-4-10(11(14)15)16-9-3-2-7(12)6-8(9)13/h2-3,6,10H,4-5,13H2,1H3. The quantitative estimate of drug-likeness (QED) is 0.840. The van der Waals surface area contributed by atoms with Crippen LogP contribution in [-0.4, -0.2) is 30.5 Å². The number of carbonyl (C=O) groups is 1. The van der Waals surface area contributed by atoms with E-state index in [1.807, 2.05) is 6.07 Å². The number of likely N-dealkylation sites (N-methyl/N-ethyl adjacent to an activating group) is 1. The summed E-state index contributed by atoms with van der Waals surface area (Å²) in [6, 6.07) is 5.37. The zero-order valence-electron chi connectivity index (χ0n) is 8.94. The van der Waals surface area contributed by atoms with Crippen LogP contribution in [0.2, 0.25) is 0 Å². The lowest BCUT2D eigenvalue weighted by atomic mass is 10.2. The van der Waals surface area contributed by atoms with Crippen LogP contribution in [0.25, 0.3) is 0 Å². The second-order valence-electron chi connectivity index (χ2n) is 3.84. The molecule has 1 aliphatic heterocycles. The summed E-state index contributed by atoms with van der Waals surface area (Å²) >= 11 is 3.32. The summed E-state index contributed by atoms with van der Waals surface area (Å²) in [5, 5.41) is 0. The fourth-order valence-electron chi connectivity index (χ4n) is 1.68. The first-order valence-electron chi connectivity index (χ1n) is 5.04. The summed E-state index contributed by atoms with van der Waals surface area (Å²) in [5.74, 6) is 0.583. The Kier molecular flexibility index (Phi) is 3.05. The highest BCUT2D eigenvalue weighted by molar-refractivity contribution is 9.10. The lowest BCUT2D eigenvalue weighted by molar-refractivity contribution is -0.132. The van der Waals surface area contributed by atoms with Crippen molar-refractivity contribution in [1.29, 1.82) is 0 Å². The Morgan fingerprint density at radius 1 is 1.56 bits per heavy atom. The van der Waals surface area contributed by atoms with Crippen molar-refractivity contribution in [3.8, 4) is 5.75 Å². The third-order valence-corrected chi connectivity index (χ3v) is 3.11. The number of nitrogens with zero attached hydrogens (tertiary/aromatic N) is 1. The summed E-state index contributed by atoms with van der Waals surface area (Å²) < 4.78 is 6.50. The molecule has 0 saturated carbocycles. The minimum Gasteiger partial charge on any atom is -0.478 e. The van der Waals surface area contributed by atoms with E-state index in [9.17, 15) is 4.79 Å². The van der Waals surface area contributed by atoms with Crippen LogP contribution >= 0.6 is 15.9 Å². The topological polar surface area (TPSA) is 55.6 Å². The minimum absolute atomic E-state index is 0.0160. The highest BCUT2D eigenvalue weighted by atomic mass is 79.9. The fraction of sp³-hybridized carbons (Fsp3) is 0.364. The normalized spacial score (nSPS) is 20.2. The maximum Gasteiger partial charge on any atom is 0.263 e. The van der Waals surface area contributed by atoms with E-state index in [0.717, 1.165) is 11.0 Å². The van der Waals surface area contributed by atoms with Crippen LogP contribution in [0.5, 0.6) is 5.75 Å². The van der Waals surface area contributed by atoms with E-state index in [2.05, 4.69) is 15.9 Å². The number of rotatable bonds is 2. The predicted molar refractivity (Wildman–Crippen MR) is 65.2 cm³/mol. The van der Waals surface area contributed by atoms with Gasteiger partial charge in [-0.2, -0.15) is 0 Å². The zero-order chi connectivity index (χ0) is 11.7. The highest BCUT2D eigenvalue weighted by Gasteiger charge is 2.31. The molecule has 2 N–H and O–H groups in total. The summed E-state index contributed by atoms with van der Waals surface area (Å²) in [5.41, 5.74) is 6.34. The maximum absolute atomic E-state index is 11.6. The van der Waals surface area contributed by atoms with E-state index in [-0.39, 0.29) is 5.91 Å². The first-order valence-corrected chi connectivity index (χ1v) is 5.84. The van der Waals surface area contributed by atoms with Crippen molar-refractivity contribution in [1.82, 2.24) is 4.90 Å². The molecule has 1 atom stereocenters. The molecule has 1 fully saturated rings. The summed E-state index contributed by atoms with van der Waals surface area (Å²) in [4.78, 5) is 13.3. The Balaban J connectivity index is 2.12. The van der Waals surface area contributed by atoms with Crippen LogP contribution in [0.15, 0.2) is 22.7 Å². The van der Waals surface area contributed by atoms with E-state index in [4.69, 9.17) is 10.5 Å². The molecule has 0 spiro atoms. The van der Waals surface area contributed by atoms with Gasteiger partial charge in [0.15, 0.2) is 6.10 Å². The molecule has 86 valence electrons. The van der Waals surface area contributed by atoms with Gasteiger partial charge in [-0.1, -0.05) is 15.9 Å². The van der Waals surface area contributed by atoms with Gasteiger partial charge in [-0.3, -0.25) is 4.79 Å². The number of hydrogen-bond acceptors (Lipinski definition) is 3. The first kappa shape index (κ1) is 11.3. The average Bonchev–Trinajstić information content (AvgIpc) is 2.54. The Hall–Kier alpha value is -1.23. The monoisotopic (exact) mass is 284 g/mol. The van der Waals surface area contributed by atoms with Crippen molar-refractivity contribution in [3.63, 3.8) is 0 Å². The van der Waals surface area contributed by atoms with Gasteiger partial charge in [-0.25, -0.2) is 0 Å². The molecule has 4 nitrogen and oxygen atoms in total. The number of halogens is 1. The van der Waals surface area contributed by atoms with Gasteiger partial charge in [0, 0.05) is 24.5 Å². The molecule has 1 heterocycles. The van der Waals surface area contributed by atoms with E-state index in [1.54, 1.807) is 24.1 Å². The maximum atomic E-state index is 11.6. The van der Waals surface area contributed by atoms with Gasteiger partial charge in [-0.15, -0.1) is 0 Å². The molecule has 1 saturated heterocycles. The number of likely N-dealkylation sites (tertiary alicyclic amines) is 1. The van der Waals surface area contributed by atoms with Crippen molar-refractivity contribution in [2.45, 2.75) is 12.5 Å². The molecule has 0 aliphatic carbocycles. The van der Waals surface area contributed by atoms with Crippen LogP contribution < -0.4 is 10.5 Å². The van der Waals surface area contributed by atoms with E-state index < -0.39 is 6.10 Å². The van der Waals surface area contributed by atoms with Gasteiger partial charge in [-0.05, 0) is 18.2 Å². The number of carbonyl (C=O) groups excluding carboxylic acids is 1. The molecule has 0 aromatic heterocycles. The third kappa shape index (κ3) is 2.14. The van der Waals surface area contributed by atoms with Crippen LogP contribution in [-0.2, 0) is 4.79 Å². The lowest BCUT2D eigenvalue weighted by Gasteiger charge is -2.14. The van der Waals surface area contributed by atoms with Crippen LogP contribution in [0, 0.1) is 0 Å². The molecule has 1 aromatic rings. The Bertz CT molecular complexity index is 422. The highest BCUT2D eigenvalue weighted by Crippen LogP contribution is 2.27. The number of benzene rings is 1. The Labute approximate surface area is 102 Å². The molecular weight excluding hydrogens is 272 g/mol. The smallest absolute Gasteiger partial charge is 0.263 e. The molecule has 1 amide bonds. The lowest BCUT2D eigenvalue weighted by Crippen LogP contribution is -2.29. The average molecular weight is 285 g/mol. The van der Waals surface area contributed by atoms with Crippen LogP contribution in [0.1, 0.15) is 6.42 Å². The fourth-order valence-corrected chi connectivity index (χ4v) is 2.06. The molecule has 16 heavy (non-hydrogen) atoms. The molecule has 5 heteroatoms. The zero-order valence-corrected chi connectivity index (χ0v) is 10.5. The SMILES string of the molecule is CN1CCC(Oc2ccc(Br)cc2N)C1=O. The van der Waals surface area contributed by atoms with E-state index in [0.29, 0.717) is 17.9 Å². The van der Waals surface area contributed by atoms with Gasteiger partial charge in [0.05, 0.1) is 5.69 Å². The Morgan fingerprint density at radius 3 is 2.88 bits per heavy atom. The second-order valence-corrected chi connectivity index (χ2v) is 4.75. The van der Waals surface area contributed by atoms with Gasteiger partial charge in [0.25, 0.3) is 5.91 Å². The van der Waals surface area contributed by atoms with Crippen molar-refractivity contribution < 1.29 is 9.53 Å². The Morgan fingerprint density at radius 2 is 2.31 bits per heavy atom. The first-order chi connectivity index (χ1) is 7.58. The van der Waals surface area contributed by atoms with E-state index >= 15 is 0 Å². The predicted octanol–water partition coefficient (Wildman–Crippen LogP) is 1.64. The largest absolute Gasteiger partial charge is 0.478 e. The van der Waals surface area contributed by atoms with Gasteiger partial charge < -0.3 is 15.4 Å². The number of amides is 1. The molecule has 0 bridgehead atoms. The van der Waals surface area contributed by atoms with Crippen LogP contribution in [0.4, 0.5) is 5.69 Å². The molecule has 0 radical (unpaired) electrons. The number of nitrogen functional groups attached to an aromatic ring is 1.